The van der Waals surface area contributed by atoms with Gasteiger partial charge in [-0.2, -0.15) is 0 Å². The van der Waals surface area contributed by atoms with Crippen LogP contribution in [-0.2, 0) is 4.74 Å². The summed E-state index contributed by atoms with van der Waals surface area (Å²) < 4.78 is 11.5. The Morgan fingerprint density at radius 2 is 1.88 bits per heavy atom. The molecule has 140 valence electrons. The molecule has 2 heterocycles. The number of hydrogen-bond donors (Lipinski definition) is 1. The van der Waals surface area contributed by atoms with Gasteiger partial charge in [-0.05, 0) is 32.9 Å². The standard InChI is InChI=1S/C19H24N2O5/c1-18(2,3)26-17(24)21-9-7-19(8-10-21)11-13(22)15-12(16(20)23)5-4-6-14(15)25-19/h4-6H,7-11H2,1-3H3,(H2,20,23). The molecule has 0 bridgehead atoms. The number of amides is 2. The molecule has 0 aromatic heterocycles. The largest absolute Gasteiger partial charge is 0.486 e. The minimum absolute atomic E-state index is 0.147. The number of primary amides is 1. The highest BCUT2D eigenvalue weighted by Gasteiger charge is 2.45. The quantitative estimate of drug-likeness (QED) is 0.830. The number of carbonyl (C=O) groups excluding carboxylic acids is 3. The highest BCUT2D eigenvalue weighted by molar-refractivity contribution is 6.10. The first kappa shape index (κ1) is 18.2. The van der Waals surface area contributed by atoms with Crippen LogP contribution in [0.5, 0.6) is 5.75 Å². The van der Waals surface area contributed by atoms with Crippen molar-refractivity contribution in [2.45, 2.75) is 51.2 Å². The zero-order chi connectivity index (χ0) is 19.1. The number of Topliss-reactive ketones (excluding diaryl/α,β-unsaturated/α-hetero) is 1. The first-order valence-corrected chi connectivity index (χ1v) is 8.73. The number of fused-ring (bicyclic) bond motifs is 1. The van der Waals surface area contributed by atoms with E-state index >= 15 is 0 Å². The van der Waals surface area contributed by atoms with Crippen molar-refractivity contribution in [3.8, 4) is 5.75 Å². The molecule has 2 amide bonds. The smallest absolute Gasteiger partial charge is 0.410 e. The zero-order valence-corrected chi connectivity index (χ0v) is 15.3. The molecule has 0 radical (unpaired) electrons. The summed E-state index contributed by atoms with van der Waals surface area (Å²) in [4.78, 5) is 38.1. The Morgan fingerprint density at radius 3 is 2.46 bits per heavy atom. The Bertz CT molecular complexity index is 758. The van der Waals surface area contributed by atoms with Gasteiger partial charge < -0.3 is 20.1 Å². The Labute approximate surface area is 152 Å². The van der Waals surface area contributed by atoms with E-state index in [0.717, 1.165) is 0 Å². The van der Waals surface area contributed by atoms with E-state index in [9.17, 15) is 14.4 Å². The van der Waals surface area contributed by atoms with Gasteiger partial charge in [-0.3, -0.25) is 9.59 Å². The number of rotatable bonds is 1. The molecule has 0 atom stereocenters. The third-order valence-corrected chi connectivity index (χ3v) is 4.71. The molecule has 1 saturated heterocycles. The molecular weight excluding hydrogens is 336 g/mol. The van der Waals surface area contributed by atoms with Crippen LogP contribution in [0.25, 0.3) is 0 Å². The number of carbonyl (C=O) groups is 3. The Hall–Kier alpha value is -2.57. The van der Waals surface area contributed by atoms with Gasteiger partial charge in [-0.1, -0.05) is 6.07 Å². The van der Waals surface area contributed by atoms with Crippen molar-refractivity contribution >= 4 is 17.8 Å². The maximum absolute atomic E-state index is 12.7. The number of likely N-dealkylation sites (tertiary alicyclic amines) is 1. The lowest BCUT2D eigenvalue weighted by molar-refractivity contribution is -0.0227. The van der Waals surface area contributed by atoms with Crippen LogP contribution in [-0.4, -0.2) is 47.0 Å². The third kappa shape index (κ3) is 3.52. The van der Waals surface area contributed by atoms with E-state index in [1.165, 1.54) is 6.07 Å². The highest BCUT2D eigenvalue weighted by atomic mass is 16.6. The number of ketones is 1. The molecule has 2 aliphatic heterocycles. The van der Waals surface area contributed by atoms with Gasteiger partial charge in [0.1, 0.15) is 17.0 Å². The van der Waals surface area contributed by atoms with Gasteiger partial charge in [-0.15, -0.1) is 0 Å². The molecule has 1 fully saturated rings. The number of benzene rings is 1. The van der Waals surface area contributed by atoms with Crippen molar-refractivity contribution in [2.24, 2.45) is 5.73 Å². The summed E-state index contributed by atoms with van der Waals surface area (Å²) in [5.41, 5.74) is 4.62. The van der Waals surface area contributed by atoms with Gasteiger partial charge in [0.25, 0.3) is 0 Å². The van der Waals surface area contributed by atoms with E-state index in [0.29, 0.717) is 31.7 Å². The van der Waals surface area contributed by atoms with E-state index in [-0.39, 0.29) is 29.4 Å². The molecule has 0 saturated carbocycles. The van der Waals surface area contributed by atoms with E-state index in [1.807, 2.05) is 20.8 Å². The maximum atomic E-state index is 12.7. The molecule has 1 aromatic rings. The fraction of sp³-hybridized carbons (Fsp3) is 0.526. The van der Waals surface area contributed by atoms with Crippen LogP contribution in [0.15, 0.2) is 18.2 Å². The summed E-state index contributed by atoms with van der Waals surface area (Å²) in [6, 6.07) is 4.87. The van der Waals surface area contributed by atoms with Crippen LogP contribution in [0.3, 0.4) is 0 Å². The lowest BCUT2D eigenvalue weighted by Crippen LogP contribution is -2.53. The maximum Gasteiger partial charge on any atom is 0.410 e. The van der Waals surface area contributed by atoms with Crippen molar-refractivity contribution in [1.82, 2.24) is 4.90 Å². The highest BCUT2D eigenvalue weighted by Crippen LogP contribution is 2.40. The summed E-state index contributed by atoms with van der Waals surface area (Å²) in [5, 5.41) is 0. The van der Waals surface area contributed by atoms with Crippen molar-refractivity contribution in [1.29, 1.82) is 0 Å². The third-order valence-electron chi connectivity index (χ3n) is 4.71. The van der Waals surface area contributed by atoms with Crippen molar-refractivity contribution in [3.05, 3.63) is 29.3 Å². The predicted octanol–water partition coefficient (Wildman–Crippen LogP) is 2.52. The van der Waals surface area contributed by atoms with Crippen LogP contribution in [0.4, 0.5) is 4.79 Å². The molecular formula is C19H24N2O5. The van der Waals surface area contributed by atoms with Gasteiger partial charge >= 0.3 is 6.09 Å². The number of ether oxygens (including phenoxy) is 2. The van der Waals surface area contributed by atoms with E-state index in [1.54, 1.807) is 17.0 Å². The van der Waals surface area contributed by atoms with Gasteiger partial charge in [0, 0.05) is 25.9 Å². The molecule has 7 nitrogen and oxygen atoms in total. The number of nitrogens with zero attached hydrogens (tertiary/aromatic N) is 1. The van der Waals surface area contributed by atoms with Gasteiger partial charge in [0.05, 0.1) is 17.5 Å². The van der Waals surface area contributed by atoms with Crippen LogP contribution >= 0.6 is 0 Å². The first-order chi connectivity index (χ1) is 12.1. The Morgan fingerprint density at radius 1 is 1.23 bits per heavy atom. The van der Waals surface area contributed by atoms with E-state index in [4.69, 9.17) is 15.2 Å². The SMILES string of the molecule is CC(C)(C)OC(=O)N1CCC2(CC1)CC(=O)c1c(cccc1C(N)=O)O2. The first-order valence-electron chi connectivity index (χ1n) is 8.73. The summed E-state index contributed by atoms with van der Waals surface area (Å²) in [7, 11) is 0. The second kappa shape index (κ2) is 6.30. The average molecular weight is 360 g/mol. The van der Waals surface area contributed by atoms with Crippen LogP contribution < -0.4 is 10.5 Å². The molecule has 26 heavy (non-hydrogen) atoms. The van der Waals surface area contributed by atoms with Gasteiger partial charge in [-0.25, -0.2) is 4.79 Å². The van der Waals surface area contributed by atoms with Crippen LogP contribution in [0.2, 0.25) is 0 Å². The number of piperidine rings is 1. The fourth-order valence-corrected chi connectivity index (χ4v) is 3.46. The number of hydrogen-bond acceptors (Lipinski definition) is 5. The molecule has 2 aliphatic rings. The summed E-state index contributed by atoms with van der Waals surface area (Å²) >= 11 is 0. The predicted molar refractivity (Wildman–Crippen MR) is 94.3 cm³/mol. The van der Waals surface area contributed by atoms with E-state index in [2.05, 4.69) is 0 Å². The summed E-state index contributed by atoms with van der Waals surface area (Å²) in [6.45, 7) is 6.38. The molecule has 2 N–H and O–H groups in total. The molecule has 7 heteroatoms. The Balaban J connectivity index is 1.75. The Kier molecular flexibility index (Phi) is 4.42. The topological polar surface area (TPSA) is 98.9 Å². The van der Waals surface area contributed by atoms with Crippen LogP contribution in [0, 0.1) is 0 Å². The molecule has 0 aliphatic carbocycles. The molecule has 1 spiro atoms. The minimum atomic E-state index is -0.654. The van der Waals surface area contributed by atoms with Gasteiger partial charge in [0.2, 0.25) is 5.91 Å². The van der Waals surface area contributed by atoms with Crippen molar-refractivity contribution < 1.29 is 23.9 Å². The van der Waals surface area contributed by atoms with E-state index < -0.39 is 17.1 Å². The number of nitrogens with two attached hydrogens (primary N) is 1. The summed E-state index contributed by atoms with van der Waals surface area (Å²) in [5.74, 6) is -0.399. The minimum Gasteiger partial charge on any atom is -0.486 e. The van der Waals surface area contributed by atoms with Gasteiger partial charge in [0.15, 0.2) is 5.78 Å². The zero-order valence-electron chi connectivity index (χ0n) is 15.3. The molecule has 1 aromatic carbocycles. The van der Waals surface area contributed by atoms with Crippen molar-refractivity contribution in [3.63, 3.8) is 0 Å². The second-order valence-corrected chi connectivity index (χ2v) is 7.90. The second-order valence-electron chi connectivity index (χ2n) is 7.90. The molecule has 0 unspecified atom stereocenters. The lowest BCUT2D eigenvalue weighted by atomic mass is 9.81. The van der Waals surface area contributed by atoms with Crippen LogP contribution in [0.1, 0.15) is 60.7 Å². The average Bonchev–Trinajstić information content (AvgIpc) is 2.53. The monoisotopic (exact) mass is 360 g/mol. The lowest BCUT2D eigenvalue weighted by Gasteiger charge is -2.44. The summed E-state index contributed by atoms with van der Waals surface area (Å²) in [6.07, 6.45) is 0.869. The van der Waals surface area contributed by atoms with Crippen molar-refractivity contribution in [2.75, 3.05) is 13.1 Å². The fourth-order valence-electron chi connectivity index (χ4n) is 3.46. The normalized spacial score (nSPS) is 18.9. The molecule has 3 rings (SSSR count).